The van der Waals surface area contributed by atoms with Gasteiger partial charge < -0.3 is 0 Å². The second-order valence-corrected chi connectivity index (χ2v) is 5.65. The highest BCUT2D eigenvalue weighted by molar-refractivity contribution is 7.89. The van der Waals surface area contributed by atoms with Crippen molar-refractivity contribution in [1.82, 2.24) is 9.71 Å². The Balaban J connectivity index is 2.20. The first-order valence-electron chi connectivity index (χ1n) is 5.57. The fraction of sp³-hybridized carbons (Fsp3) is 0.154. The molecule has 1 unspecified atom stereocenters. The minimum atomic E-state index is -3.48. The van der Waals surface area contributed by atoms with Crippen molar-refractivity contribution < 1.29 is 8.42 Å². The number of pyridine rings is 1. The van der Waals surface area contributed by atoms with Crippen molar-refractivity contribution in [2.45, 2.75) is 17.9 Å². The van der Waals surface area contributed by atoms with Crippen molar-refractivity contribution in [3.63, 3.8) is 0 Å². The van der Waals surface area contributed by atoms with Crippen molar-refractivity contribution in [1.29, 1.82) is 0 Å². The van der Waals surface area contributed by atoms with E-state index in [1.54, 1.807) is 61.8 Å². The van der Waals surface area contributed by atoms with Gasteiger partial charge in [0.25, 0.3) is 0 Å². The van der Waals surface area contributed by atoms with Gasteiger partial charge in [0.2, 0.25) is 10.0 Å². The van der Waals surface area contributed by atoms with Crippen molar-refractivity contribution in [3.8, 4) is 0 Å². The zero-order valence-corrected chi connectivity index (χ0v) is 10.8. The van der Waals surface area contributed by atoms with Gasteiger partial charge in [-0.3, -0.25) is 4.98 Å². The van der Waals surface area contributed by atoms with E-state index in [1.165, 1.54) is 0 Å². The fourth-order valence-electron chi connectivity index (χ4n) is 1.62. The Morgan fingerprint density at radius 2 is 1.67 bits per heavy atom. The number of nitrogens with one attached hydrogen (secondary N) is 1. The third kappa shape index (κ3) is 2.94. The summed E-state index contributed by atoms with van der Waals surface area (Å²) in [6.07, 6.45) is 3.28. The Morgan fingerprint density at radius 3 is 2.28 bits per heavy atom. The minimum absolute atomic E-state index is 0.269. The van der Waals surface area contributed by atoms with E-state index in [4.69, 9.17) is 0 Å². The van der Waals surface area contributed by atoms with E-state index in [2.05, 4.69) is 9.71 Å². The lowest BCUT2D eigenvalue weighted by atomic mass is 10.1. The Kier molecular flexibility index (Phi) is 3.74. The molecule has 1 atom stereocenters. The molecule has 0 aliphatic heterocycles. The van der Waals surface area contributed by atoms with Crippen molar-refractivity contribution >= 4 is 10.0 Å². The van der Waals surface area contributed by atoms with Crippen LogP contribution in [0, 0.1) is 0 Å². The molecule has 94 valence electrons. The number of aromatic nitrogens is 1. The number of rotatable bonds is 4. The topological polar surface area (TPSA) is 59.1 Å². The van der Waals surface area contributed by atoms with Crippen LogP contribution < -0.4 is 4.72 Å². The second kappa shape index (κ2) is 5.29. The highest BCUT2D eigenvalue weighted by atomic mass is 32.2. The lowest BCUT2D eigenvalue weighted by Gasteiger charge is -2.14. The smallest absolute Gasteiger partial charge is 0.241 e. The summed E-state index contributed by atoms with van der Waals surface area (Å²) in [5.74, 6) is 0. The molecular weight excluding hydrogens is 248 g/mol. The summed E-state index contributed by atoms with van der Waals surface area (Å²) in [6.45, 7) is 1.80. The highest BCUT2D eigenvalue weighted by Crippen LogP contribution is 2.15. The first-order valence-corrected chi connectivity index (χ1v) is 7.05. The van der Waals surface area contributed by atoms with E-state index in [9.17, 15) is 8.42 Å². The molecule has 1 aromatic heterocycles. The molecule has 5 heteroatoms. The fourth-order valence-corrected chi connectivity index (χ4v) is 2.87. The molecule has 4 nitrogen and oxygen atoms in total. The quantitative estimate of drug-likeness (QED) is 0.918. The van der Waals surface area contributed by atoms with E-state index in [1.807, 2.05) is 0 Å². The van der Waals surface area contributed by atoms with Crippen LogP contribution in [0.25, 0.3) is 0 Å². The Morgan fingerprint density at radius 1 is 1.06 bits per heavy atom. The van der Waals surface area contributed by atoms with Gasteiger partial charge in [0.15, 0.2) is 0 Å². The molecule has 1 heterocycles. The van der Waals surface area contributed by atoms with Gasteiger partial charge in [-0.25, -0.2) is 13.1 Å². The number of benzene rings is 1. The van der Waals surface area contributed by atoms with Crippen molar-refractivity contribution in [2.75, 3.05) is 0 Å². The van der Waals surface area contributed by atoms with Crippen molar-refractivity contribution in [3.05, 3.63) is 60.4 Å². The van der Waals surface area contributed by atoms with Crippen LogP contribution in [0.15, 0.2) is 59.8 Å². The largest absolute Gasteiger partial charge is 0.265 e. The Bertz CT molecular complexity index is 597. The molecule has 2 rings (SSSR count). The highest BCUT2D eigenvalue weighted by Gasteiger charge is 2.17. The van der Waals surface area contributed by atoms with Gasteiger partial charge in [0, 0.05) is 18.4 Å². The van der Waals surface area contributed by atoms with Gasteiger partial charge in [0.1, 0.15) is 0 Å². The van der Waals surface area contributed by atoms with E-state index in [0.29, 0.717) is 0 Å². The summed E-state index contributed by atoms with van der Waals surface area (Å²) in [6, 6.07) is 11.6. The SMILES string of the molecule is CC(NS(=O)(=O)c1ccccc1)c1ccncc1. The molecule has 0 fully saturated rings. The predicted octanol–water partition coefficient (Wildman–Crippen LogP) is 2.12. The normalized spacial score (nSPS) is 13.2. The van der Waals surface area contributed by atoms with Gasteiger partial charge in [-0.1, -0.05) is 18.2 Å². The molecular formula is C13H14N2O2S. The molecule has 0 aliphatic carbocycles. The van der Waals surface area contributed by atoms with E-state index in [-0.39, 0.29) is 10.9 Å². The van der Waals surface area contributed by atoms with Gasteiger partial charge in [-0.05, 0) is 36.8 Å². The van der Waals surface area contributed by atoms with Crippen LogP contribution in [0.2, 0.25) is 0 Å². The molecule has 0 spiro atoms. The number of hydrogen-bond acceptors (Lipinski definition) is 3. The number of nitrogens with zero attached hydrogens (tertiary/aromatic N) is 1. The summed E-state index contributed by atoms with van der Waals surface area (Å²) in [7, 11) is -3.48. The zero-order valence-electron chi connectivity index (χ0n) is 9.95. The maximum absolute atomic E-state index is 12.1. The molecule has 1 N–H and O–H groups in total. The standard InChI is InChI=1S/C13H14N2O2S/c1-11(12-7-9-14-10-8-12)15-18(16,17)13-5-3-2-4-6-13/h2-11,15H,1H3. The van der Waals surface area contributed by atoms with E-state index < -0.39 is 10.0 Å². The first kappa shape index (κ1) is 12.7. The van der Waals surface area contributed by atoms with Crippen LogP contribution in [0.3, 0.4) is 0 Å². The summed E-state index contributed by atoms with van der Waals surface area (Å²) >= 11 is 0. The molecule has 0 amide bonds. The van der Waals surface area contributed by atoms with Crippen LogP contribution in [-0.4, -0.2) is 13.4 Å². The summed E-state index contributed by atoms with van der Waals surface area (Å²) in [5, 5.41) is 0. The number of hydrogen-bond donors (Lipinski definition) is 1. The average Bonchev–Trinajstić information content (AvgIpc) is 2.40. The second-order valence-electron chi connectivity index (χ2n) is 3.94. The maximum Gasteiger partial charge on any atom is 0.241 e. The maximum atomic E-state index is 12.1. The zero-order chi connectivity index (χ0) is 13.0. The van der Waals surface area contributed by atoms with Gasteiger partial charge >= 0.3 is 0 Å². The summed E-state index contributed by atoms with van der Waals surface area (Å²) < 4.78 is 26.8. The van der Waals surface area contributed by atoms with Crippen molar-refractivity contribution in [2.24, 2.45) is 0 Å². The van der Waals surface area contributed by atoms with Crippen LogP contribution in [0.1, 0.15) is 18.5 Å². The monoisotopic (exact) mass is 262 g/mol. The van der Waals surface area contributed by atoms with Gasteiger partial charge in [-0.2, -0.15) is 0 Å². The van der Waals surface area contributed by atoms with Crippen LogP contribution in [0.4, 0.5) is 0 Å². The average molecular weight is 262 g/mol. The Hall–Kier alpha value is -1.72. The molecule has 0 bridgehead atoms. The molecule has 0 saturated carbocycles. The third-order valence-electron chi connectivity index (χ3n) is 2.59. The lowest BCUT2D eigenvalue weighted by molar-refractivity contribution is 0.567. The number of sulfonamides is 1. The lowest BCUT2D eigenvalue weighted by Crippen LogP contribution is -2.26. The molecule has 2 aromatic rings. The summed E-state index contributed by atoms with van der Waals surface area (Å²) in [4.78, 5) is 4.17. The minimum Gasteiger partial charge on any atom is -0.265 e. The van der Waals surface area contributed by atoms with Crippen LogP contribution in [0.5, 0.6) is 0 Å². The molecule has 0 radical (unpaired) electrons. The molecule has 0 saturated heterocycles. The first-order chi connectivity index (χ1) is 8.59. The van der Waals surface area contributed by atoms with Gasteiger partial charge in [0.05, 0.1) is 4.90 Å². The molecule has 1 aromatic carbocycles. The predicted molar refractivity (Wildman–Crippen MR) is 69.4 cm³/mol. The Labute approximate surface area is 107 Å². The van der Waals surface area contributed by atoms with E-state index >= 15 is 0 Å². The van der Waals surface area contributed by atoms with Crippen LogP contribution in [-0.2, 0) is 10.0 Å². The summed E-state index contributed by atoms with van der Waals surface area (Å²) in [5.41, 5.74) is 0.879. The molecule has 18 heavy (non-hydrogen) atoms. The van der Waals surface area contributed by atoms with E-state index in [0.717, 1.165) is 5.56 Å². The van der Waals surface area contributed by atoms with Crippen LogP contribution >= 0.6 is 0 Å². The third-order valence-corrected chi connectivity index (χ3v) is 4.15. The molecule has 0 aliphatic rings. The van der Waals surface area contributed by atoms with Gasteiger partial charge in [-0.15, -0.1) is 0 Å².